The zero-order valence-electron chi connectivity index (χ0n) is 18.9. The number of anilines is 1. The molecule has 5 rings (SSSR count). The second-order valence-electron chi connectivity index (χ2n) is 7.93. The van der Waals surface area contributed by atoms with Gasteiger partial charge in [-0.15, -0.1) is 0 Å². The maximum atomic E-state index is 13.2. The Morgan fingerprint density at radius 1 is 1.00 bits per heavy atom. The number of carbonyl (C=O) groups is 1. The number of nitrogens with zero attached hydrogens (tertiary/aromatic N) is 4. The number of amides is 1. The molecule has 5 aromatic rings. The summed E-state index contributed by atoms with van der Waals surface area (Å²) in [5.41, 5.74) is 2.88. The van der Waals surface area contributed by atoms with Crippen LogP contribution in [0.2, 0.25) is 0 Å². The van der Waals surface area contributed by atoms with E-state index in [0.29, 0.717) is 5.65 Å². The molecule has 10 heteroatoms. The Hall–Kier alpha value is -5.12. The van der Waals surface area contributed by atoms with Crippen LogP contribution in [0.4, 0.5) is 15.8 Å². The van der Waals surface area contributed by atoms with Crippen LogP contribution in [-0.4, -0.2) is 25.4 Å². The van der Waals surface area contributed by atoms with Gasteiger partial charge >= 0.3 is 0 Å². The van der Waals surface area contributed by atoms with Gasteiger partial charge in [0.25, 0.3) is 11.6 Å². The minimum atomic E-state index is -0.601. The van der Waals surface area contributed by atoms with Gasteiger partial charge in [0, 0.05) is 29.5 Å². The molecular formula is C26H18FN5O4. The van der Waals surface area contributed by atoms with Crippen LogP contribution in [0.15, 0.2) is 84.9 Å². The number of aryl methyl sites for hydroxylation is 1. The molecule has 3 aromatic carbocycles. The van der Waals surface area contributed by atoms with Crippen LogP contribution >= 0.6 is 0 Å². The van der Waals surface area contributed by atoms with E-state index in [1.165, 1.54) is 42.5 Å². The van der Waals surface area contributed by atoms with Gasteiger partial charge in [0.05, 0.1) is 22.4 Å². The summed E-state index contributed by atoms with van der Waals surface area (Å²) in [4.78, 5) is 28.4. The quantitative estimate of drug-likeness (QED) is 0.241. The predicted molar refractivity (Wildman–Crippen MR) is 131 cm³/mol. The molecule has 0 aliphatic carbocycles. The lowest BCUT2D eigenvalue weighted by molar-refractivity contribution is -0.384. The van der Waals surface area contributed by atoms with E-state index < -0.39 is 16.6 Å². The van der Waals surface area contributed by atoms with Crippen molar-refractivity contribution in [1.29, 1.82) is 0 Å². The first kappa shape index (κ1) is 22.7. The number of fused-ring (bicyclic) bond motifs is 1. The van der Waals surface area contributed by atoms with Crippen molar-refractivity contribution in [3.05, 3.63) is 112 Å². The molecular weight excluding hydrogens is 465 g/mol. The standard InChI is InChI=1S/C26H18FN5O4/c1-16-11-23(17-5-3-2-4-6-17)29-25-15-24(30-31(16)25)26(33)28-19-12-20(32(34)35)14-22(13-19)36-21-9-7-18(27)8-10-21/h2-15H,1H3,(H,28,33). The number of nitrogens with one attached hydrogen (secondary N) is 1. The van der Waals surface area contributed by atoms with Crippen molar-refractivity contribution in [1.82, 2.24) is 14.6 Å². The van der Waals surface area contributed by atoms with Gasteiger partial charge in [-0.2, -0.15) is 5.10 Å². The van der Waals surface area contributed by atoms with Gasteiger partial charge in [0.2, 0.25) is 0 Å². The maximum absolute atomic E-state index is 13.2. The molecule has 0 aliphatic rings. The molecule has 2 aromatic heterocycles. The van der Waals surface area contributed by atoms with Crippen LogP contribution in [0, 0.1) is 22.9 Å². The number of nitro groups is 1. The number of hydrogen-bond donors (Lipinski definition) is 1. The van der Waals surface area contributed by atoms with E-state index in [9.17, 15) is 19.3 Å². The molecule has 0 bridgehead atoms. The molecule has 0 radical (unpaired) electrons. The number of benzene rings is 3. The number of hydrogen-bond acceptors (Lipinski definition) is 6. The van der Waals surface area contributed by atoms with E-state index in [-0.39, 0.29) is 28.6 Å². The number of ether oxygens (including phenoxy) is 1. The van der Waals surface area contributed by atoms with Crippen molar-refractivity contribution in [3.63, 3.8) is 0 Å². The van der Waals surface area contributed by atoms with Crippen LogP contribution in [0.5, 0.6) is 11.5 Å². The van der Waals surface area contributed by atoms with Crippen molar-refractivity contribution in [2.75, 3.05) is 5.32 Å². The van der Waals surface area contributed by atoms with Crippen molar-refractivity contribution in [2.45, 2.75) is 6.92 Å². The summed E-state index contributed by atoms with van der Waals surface area (Å²) in [6.45, 7) is 1.86. The van der Waals surface area contributed by atoms with E-state index in [4.69, 9.17) is 4.74 Å². The Labute approximate surface area is 204 Å². The average molecular weight is 483 g/mol. The predicted octanol–water partition coefficient (Wildman–Crippen LogP) is 5.80. The molecule has 0 unspecified atom stereocenters. The summed E-state index contributed by atoms with van der Waals surface area (Å²) in [7, 11) is 0. The molecule has 0 saturated heterocycles. The lowest BCUT2D eigenvalue weighted by atomic mass is 10.1. The van der Waals surface area contributed by atoms with Gasteiger partial charge in [0.1, 0.15) is 17.3 Å². The topological polar surface area (TPSA) is 112 Å². The fourth-order valence-electron chi connectivity index (χ4n) is 3.65. The number of rotatable bonds is 6. The number of non-ortho nitro benzene ring substituents is 1. The van der Waals surface area contributed by atoms with E-state index in [0.717, 1.165) is 17.0 Å². The van der Waals surface area contributed by atoms with Gasteiger partial charge in [-0.3, -0.25) is 14.9 Å². The summed E-state index contributed by atoms with van der Waals surface area (Å²) in [6.07, 6.45) is 0. The SMILES string of the molecule is Cc1cc(-c2ccccc2)nc2cc(C(=O)Nc3cc(Oc4ccc(F)cc4)cc([N+](=O)[O-])c3)nn12. The second kappa shape index (κ2) is 9.26. The molecule has 1 amide bonds. The van der Waals surface area contributed by atoms with E-state index in [2.05, 4.69) is 15.4 Å². The summed E-state index contributed by atoms with van der Waals surface area (Å²) >= 11 is 0. The maximum Gasteiger partial charge on any atom is 0.276 e. The van der Waals surface area contributed by atoms with Gasteiger partial charge in [-0.05, 0) is 37.3 Å². The first-order valence-electron chi connectivity index (χ1n) is 10.8. The van der Waals surface area contributed by atoms with Gasteiger partial charge < -0.3 is 10.1 Å². The lowest BCUT2D eigenvalue weighted by Gasteiger charge is -2.09. The minimum absolute atomic E-state index is 0.0864. The number of carbonyl (C=O) groups excluding carboxylic acids is 1. The highest BCUT2D eigenvalue weighted by molar-refractivity contribution is 6.03. The zero-order valence-corrected chi connectivity index (χ0v) is 18.9. The summed E-state index contributed by atoms with van der Waals surface area (Å²) in [6, 6.07) is 22.1. The van der Waals surface area contributed by atoms with Crippen LogP contribution in [0.1, 0.15) is 16.2 Å². The molecule has 9 nitrogen and oxygen atoms in total. The van der Waals surface area contributed by atoms with Crippen LogP contribution < -0.4 is 10.1 Å². The number of halogens is 1. The third kappa shape index (κ3) is 4.73. The molecule has 36 heavy (non-hydrogen) atoms. The summed E-state index contributed by atoms with van der Waals surface area (Å²) < 4.78 is 20.3. The van der Waals surface area contributed by atoms with Gasteiger partial charge in [-0.1, -0.05) is 30.3 Å². The second-order valence-corrected chi connectivity index (χ2v) is 7.93. The van der Waals surface area contributed by atoms with Gasteiger partial charge in [0.15, 0.2) is 11.3 Å². The van der Waals surface area contributed by atoms with Gasteiger partial charge in [-0.25, -0.2) is 13.9 Å². The number of nitro benzene ring substituents is 1. The van der Waals surface area contributed by atoms with Crippen LogP contribution in [0.3, 0.4) is 0 Å². The molecule has 0 atom stereocenters. The summed E-state index contributed by atoms with van der Waals surface area (Å²) in [5, 5.41) is 18.4. The fourth-order valence-corrected chi connectivity index (χ4v) is 3.65. The van der Waals surface area contributed by atoms with E-state index >= 15 is 0 Å². The molecule has 178 valence electrons. The lowest BCUT2D eigenvalue weighted by Crippen LogP contribution is -2.13. The fraction of sp³-hybridized carbons (Fsp3) is 0.0385. The Bertz CT molecular complexity index is 1600. The van der Waals surface area contributed by atoms with Crippen molar-refractivity contribution in [2.24, 2.45) is 0 Å². The third-order valence-electron chi connectivity index (χ3n) is 5.32. The van der Waals surface area contributed by atoms with Crippen molar-refractivity contribution < 1.29 is 18.8 Å². The molecule has 0 aliphatic heterocycles. The summed E-state index contributed by atoms with van der Waals surface area (Å²) in [5.74, 6) is -0.631. The Morgan fingerprint density at radius 2 is 1.75 bits per heavy atom. The highest BCUT2D eigenvalue weighted by atomic mass is 19.1. The average Bonchev–Trinajstić information content (AvgIpc) is 3.31. The van der Waals surface area contributed by atoms with E-state index in [1.54, 1.807) is 10.6 Å². The zero-order chi connectivity index (χ0) is 25.2. The molecule has 0 spiro atoms. The van der Waals surface area contributed by atoms with Crippen molar-refractivity contribution in [3.8, 4) is 22.8 Å². The third-order valence-corrected chi connectivity index (χ3v) is 5.32. The highest BCUT2D eigenvalue weighted by Crippen LogP contribution is 2.30. The Morgan fingerprint density at radius 3 is 2.47 bits per heavy atom. The van der Waals surface area contributed by atoms with Crippen molar-refractivity contribution >= 4 is 22.9 Å². The molecule has 2 heterocycles. The molecule has 0 fully saturated rings. The first-order valence-corrected chi connectivity index (χ1v) is 10.8. The van der Waals surface area contributed by atoms with Crippen LogP contribution in [0.25, 0.3) is 16.9 Å². The molecule has 1 N–H and O–H groups in total. The highest BCUT2D eigenvalue weighted by Gasteiger charge is 2.17. The largest absolute Gasteiger partial charge is 0.457 e. The normalized spacial score (nSPS) is 10.8. The Balaban J connectivity index is 1.43. The molecule has 0 saturated carbocycles. The first-order chi connectivity index (χ1) is 17.4. The smallest absolute Gasteiger partial charge is 0.276 e. The Kier molecular flexibility index (Phi) is 5.83. The minimum Gasteiger partial charge on any atom is -0.457 e. The van der Waals surface area contributed by atoms with Crippen LogP contribution in [-0.2, 0) is 0 Å². The number of aromatic nitrogens is 3. The monoisotopic (exact) mass is 483 g/mol. The van der Waals surface area contributed by atoms with E-state index in [1.807, 2.05) is 43.3 Å².